The molecule has 0 unspecified atom stereocenters. The number of quaternary nitrogens is 1. The average molecular weight is 629 g/mol. The number of likely N-dealkylation sites (N-methyl/N-ethyl adjacent to an activating group) is 1. The Labute approximate surface area is 256 Å². The van der Waals surface area contributed by atoms with Gasteiger partial charge in [0.2, 0.25) is 5.95 Å². The highest BCUT2D eigenvalue weighted by atomic mass is 19.4. The number of aromatic nitrogens is 3. The molecule has 0 spiro atoms. The van der Waals surface area contributed by atoms with Gasteiger partial charge in [-0.25, -0.2) is 19.3 Å². The zero-order valence-corrected chi connectivity index (χ0v) is 24.9. The van der Waals surface area contributed by atoms with Gasteiger partial charge in [0, 0.05) is 24.3 Å². The summed E-state index contributed by atoms with van der Waals surface area (Å²) in [6.07, 6.45) is -4.10. The first-order valence-corrected chi connectivity index (χ1v) is 13.7. The summed E-state index contributed by atoms with van der Waals surface area (Å²) < 4.78 is 53.2. The van der Waals surface area contributed by atoms with E-state index in [4.69, 9.17) is 19.4 Å². The molecule has 0 amide bonds. The molecule has 1 N–H and O–H groups in total. The second kappa shape index (κ2) is 13.0. The molecule has 238 valence electrons. The van der Waals surface area contributed by atoms with Crippen molar-refractivity contribution in [3.63, 3.8) is 0 Å². The Morgan fingerprint density at radius 3 is 2.53 bits per heavy atom. The molecule has 3 aromatic rings. The van der Waals surface area contributed by atoms with Gasteiger partial charge in [-0.05, 0) is 48.4 Å². The van der Waals surface area contributed by atoms with E-state index in [1.807, 2.05) is 0 Å². The fraction of sp³-hybridized carbons (Fsp3) is 0.367. The molecule has 45 heavy (non-hydrogen) atoms. The molecule has 0 radical (unpaired) electrons. The molecule has 2 aliphatic rings. The van der Waals surface area contributed by atoms with E-state index < -0.39 is 35.9 Å². The number of alkyl halides is 3. The van der Waals surface area contributed by atoms with E-state index in [1.54, 1.807) is 25.1 Å². The number of nitriles is 1. The number of benzene rings is 2. The van der Waals surface area contributed by atoms with E-state index in [-0.39, 0.29) is 22.9 Å². The third kappa shape index (κ3) is 6.47. The molecule has 0 aliphatic carbocycles. The molecule has 2 aromatic carbocycles. The Balaban J connectivity index is 0.00000148. The van der Waals surface area contributed by atoms with Crippen LogP contribution in [0.1, 0.15) is 35.2 Å². The summed E-state index contributed by atoms with van der Waals surface area (Å²) in [6.45, 7) is 3.05. The molecule has 1 aromatic heterocycles. The zero-order chi connectivity index (χ0) is 33.1. The lowest BCUT2D eigenvalue weighted by atomic mass is 9.88. The summed E-state index contributed by atoms with van der Waals surface area (Å²) in [6, 6.07) is 11.0. The number of ether oxygens (including phenoxy) is 2. The van der Waals surface area contributed by atoms with Gasteiger partial charge < -0.3 is 23.9 Å². The maximum atomic E-state index is 13.6. The Morgan fingerprint density at radius 2 is 1.96 bits per heavy atom. The lowest BCUT2D eigenvalue weighted by molar-refractivity contribution is -0.924. The van der Waals surface area contributed by atoms with Gasteiger partial charge in [-0.3, -0.25) is 4.90 Å². The first kappa shape index (κ1) is 33.0. The van der Waals surface area contributed by atoms with Crippen molar-refractivity contribution in [2.75, 3.05) is 45.9 Å². The summed E-state index contributed by atoms with van der Waals surface area (Å²) in [5, 5.41) is 24.4. The number of H-pyrrole nitrogens is 1. The van der Waals surface area contributed by atoms with Crippen LogP contribution < -0.4 is 15.7 Å². The minimum Gasteiger partial charge on any atom is -0.554 e. The van der Waals surface area contributed by atoms with Gasteiger partial charge in [0.15, 0.2) is 0 Å². The molecule has 2 aliphatic heterocycles. The van der Waals surface area contributed by atoms with E-state index in [0.29, 0.717) is 47.8 Å². The Hall–Kier alpha value is -4.94. The van der Waals surface area contributed by atoms with Crippen LogP contribution in [0.4, 0.5) is 24.8 Å². The van der Waals surface area contributed by atoms with Gasteiger partial charge in [-0.1, -0.05) is 12.1 Å². The summed E-state index contributed by atoms with van der Waals surface area (Å²) in [7, 11) is 5.39. The van der Waals surface area contributed by atoms with Crippen LogP contribution in [-0.4, -0.2) is 78.7 Å². The number of methoxy groups -OCH3 is 1. The van der Waals surface area contributed by atoms with E-state index in [9.17, 15) is 28.0 Å². The number of hydrogen-bond donors (Lipinski definition) is 1. The van der Waals surface area contributed by atoms with Gasteiger partial charge >= 0.3 is 17.8 Å². The Bertz CT molecular complexity index is 1720. The number of hydrogen-bond acceptors (Lipinski definition) is 9. The van der Waals surface area contributed by atoms with Crippen LogP contribution in [0.25, 0.3) is 0 Å². The molecule has 12 nitrogen and oxygen atoms in total. The van der Waals surface area contributed by atoms with Crippen LogP contribution in [0.5, 0.6) is 0 Å². The number of carbonyl (C=O) groups excluding carboxylic acids is 2. The largest absolute Gasteiger partial charge is 0.554 e. The standard InChI is InChI=1S/C29H29F3N6O4.CH2O2/c1-17-24(26(39)41-4)25(23-9-8-18(14-33)12-19(23)10-11-38(2,3)22-15-42-16-22)37-27(34-35-28(37)40)36(17)21-7-5-6-20(13-21)29(30,31)32;2-1-3/h5-9,12-13,22,25H,10-11,15-16H2,1-4H3;1H,(H,2,3)/t25-;/m1./s1. The first-order valence-electron chi connectivity index (χ1n) is 13.7. The molecule has 0 saturated carbocycles. The third-order valence-electron chi connectivity index (χ3n) is 8.11. The molecule has 0 bridgehead atoms. The minimum atomic E-state index is -4.61. The number of nitrogens with zero attached hydrogens (tertiary/aromatic N) is 5. The van der Waals surface area contributed by atoms with E-state index in [2.05, 4.69) is 30.4 Å². The highest BCUT2D eigenvalue weighted by Gasteiger charge is 2.41. The van der Waals surface area contributed by atoms with Crippen molar-refractivity contribution in [1.82, 2.24) is 14.8 Å². The lowest BCUT2D eigenvalue weighted by Gasteiger charge is -2.42. The van der Waals surface area contributed by atoms with E-state index in [0.717, 1.165) is 17.7 Å². The van der Waals surface area contributed by atoms with Crippen molar-refractivity contribution in [2.24, 2.45) is 0 Å². The van der Waals surface area contributed by atoms with Gasteiger partial charge in [-0.2, -0.15) is 18.4 Å². The van der Waals surface area contributed by atoms with Gasteiger partial charge in [-0.15, -0.1) is 5.10 Å². The van der Waals surface area contributed by atoms with E-state index >= 15 is 0 Å². The summed E-state index contributed by atoms with van der Waals surface area (Å²) in [5.74, 6) is -0.751. The summed E-state index contributed by atoms with van der Waals surface area (Å²) >= 11 is 0. The van der Waals surface area contributed by atoms with Crippen molar-refractivity contribution in [1.29, 1.82) is 5.26 Å². The molecule has 3 heterocycles. The first-order chi connectivity index (χ1) is 21.3. The second-order valence-corrected chi connectivity index (χ2v) is 11.0. The lowest BCUT2D eigenvalue weighted by Crippen LogP contribution is -2.59. The van der Waals surface area contributed by atoms with Gasteiger partial charge in [0.1, 0.15) is 25.3 Å². The number of rotatable bonds is 7. The molecule has 1 saturated heterocycles. The van der Waals surface area contributed by atoms with Crippen molar-refractivity contribution in [2.45, 2.75) is 31.6 Å². The number of fused-ring (bicyclic) bond motifs is 1. The fourth-order valence-corrected chi connectivity index (χ4v) is 5.46. The minimum absolute atomic E-state index is 0.00696. The smallest absolute Gasteiger partial charge is 0.416 e. The number of carbonyl (C=O) groups is 2. The predicted molar refractivity (Wildman–Crippen MR) is 152 cm³/mol. The van der Waals surface area contributed by atoms with Crippen molar-refractivity contribution in [3.8, 4) is 6.07 Å². The number of halogens is 3. The molecule has 1 fully saturated rings. The van der Waals surface area contributed by atoms with Crippen LogP contribution in [0.15, 0.2) is 58.5 Å². The maximum absolute atomic E-state index is 13.6. The number of esters is 1. The average Bonchev–Trinajstić information content (AvgIpc) is 3.34. The third-order valence-corrected chi connectivity index (χ3v) is 8.11. The second-order valence-electron chi connectivity index (χ2n) is 11.0. The predicted octanol–water partition coefficient (Wildman–Crippen LogP) is 2.03. The van der Waals surface area contributed by atoms with E-state index in [1.165, 1.54) is 28.7 Å². The van der Waals surface area contributed by atoms with Crippen LogP contribution in [0.2, 0.25) is 0 Å². The Kier molecular flexibility index (Phi) is 9.50. The molecule has 15 heteroatoms. The highest BCUT2D eigenvalue weighted by molar-refractivity contribution is 5.93. The van der Waals surface area contributed by atoms with Crippen LogP contribution in [-0.2, 0) is 31.7 Å². The number of anilines is 2. The zero-order valence-electron chi connectivity index (χ0n) is 24.9. The van der Waals surface area contributed by atoms with Crippen LogP contribution in [0.3, 0.4) is 0 Å². The number of carboxylic acid groups (broad SMARTS) is 1. The topological polar surface area (TPSA) is 153 Å². The van der Waals surface area contributed by atoms with Crippen molar-refractivity contribution >= 4 is 24.1 Å². The monoisotopic (exact) mass is 628 g/mol. The maximum Gasteiger partial charge on any atom is 0.416 e. The molecule has 1 atom stereocenters. The number of allylic oxidation sites excluding steroid dienone is 1. The highest BCUT2D eigenvalue weighted by Crippen LogP contribution is 2.43. The number of aromatic amines is 1. The van der Waals surface area contributed by atoms with Gasteiger partial charge in [0.05, 0.1) is 50.5 Å². The fourth-order valence-electron chi connectivity index (χ4n) is 5.46. The van der Waals surface area contributed by atoms with Crippen molar-refractivity contribution in [3.05, 3.63) is 86.5 Å². The Morgan fingerprint density at radius 1 is 1.27 bits per heavy atom. The van der Waals surface area contributed by atoms with Crippen LogP contribution >= 0.6 is 0 Å². The van der Waals surface area contributed by atoms with Crippen LogP contribution in [0, 0.1) is 11.3 Å². The quantitative estimate of drug-likeness (QED) is 0.235. The SMILES string of the molecule is COC(=O)C1=C(C)N(c2cccc(C(F)(F)F)c2)c2n[nH]c(=O)n2[C@@H]1c1ccc(C#N)cc1CC[N+](C)(C)C1COC1.O=C[O-]. The molecule has 5 rings (SSSR count). The van der Waals surface area contributed by atoms with Gasteiger partial charge in [0.25, 0.3) is 0 Å². The normalized spacial score (nSPS) is 16.6. The molecular weight excluding hydrogens is 597 g/mol. The summed E-state index contributed by atoms with van der Waals surface area (Å²) in [4.78, 5) is 36.3. The molecular formula is C30H31F3N6O6. The van der Waals surface area contributed by atoms with Crippen molar-refractivity contribution < 1.29 is 41.8 Å². The number of nitrogens with one attached hydrogen (secondary N) is 1. The summed E-state index contributed by atoms with van der Waals surface area (Å²) in [5.41, 5.74) is 0.522.